The molecule has 4 nitrogen and oxygen atoms in total. The fourth-order valence-corrected chi connectivity index (χ4v) is 1.80. The second-order valence-electron chi connectivity index (χ2n) is 4.39. The van der Waals surface area contributed by atoms with Crippen LogP contribution < -0.4 is 5.32 Å². The summed E-state index contributed by atoms with van der Waals surface area (Å²) in [6.45, 7) is 12.4. The largest absolute Gasteiger partial charge is 0.360 e. The molecule has 17 heavy (non-hydrogen) atoms. The molecule has 1 rings (SSSR count). The minimum absolute atomic E-state index is 0.585. The Kier molecular flexibility index (Phi) is 6.22. The van der Waals surface area contributed by atoms with Gasteiger partial charge in [0.15, 0.2) is 5.76 Å². The van der Waals surface area contributed by atoms with Crippen LogP contribution >= 0.6 is 0 Å². The molecule has 98 valence electrons. The molecular formula is C13H25N3O. The van der Waals surface area contributed by atoms with Crippen molar-refractivity contribution in [3.63, 3.8) is 0 Å². The lowest BCUT2D eigenvalue weighted by Crippen LogP contribution is -2.31. The molecule has 0 aliphatic carbocycles. The Morgan fingerprint density at radius 2 is 2.18 bits per heavy atom. The molecule has 0 saturated carbocycles. The van der Waals surface area contributed by atoms with Crippen LogP contribution in [-0.2, 0) is 13.1 Å². The lowest BCUT2D eigenvalue weighted by molar-refractivity contribution is 0.183. The highest BCUT2D eigenvalue weighted by Crippen LogP contribution is 2.11. The van der Waals surface area contributed by atoms with Crippen molar-refractivity contribution in [2.45, 2.75) is 53.2 Å². The van der Waals surface area contributed by atoms with Crippen LogP contribution in [0.1, 0.15) is 45.6 Å². The minimum atomic E-state index is 0.585. The molecule has 0 radical (unpaired) electrons. The Labute approximate surface area is 104 Å². The van der Waals surface area contributed by atoms with Gasteiger partial charge in [-0.25, -0.2) is 0 Å². The van der Waals surface area contributed by atoms with Crippen LogP contribution in [0, 0.1) is 0 Å². The maximum atomic E-state index is 5.36. The summed E-state index contributed by atoms with van der Waals surface area (Å²) in [5.41, 5.74) is 0.988. The number of nitrogens with zero attached hydrogens (tertiary/aromatic N) is 2. The standard InChI is InChI=1S/C13H25N3O/c1-5-11(4)16(7-3)10-13-8-12(15-17-13)9-14-6-2/h8,11,14H,5-7,9-10H2,1-4H3. The normalized spacial score (nSPS) is 13.2. The summed E-state index contributed by atoms with van der Waals surface area (Å²) >= 11 is 0. The Morgan fingerprint density at radius 1 is 1.41 bits per heavy atom. The third-order valence-corrected chi connectivity index (χ3v) is 3.14. The first kappa shape index (κ1) is 14.2. The van der Waals surface area contributed by atoms with E-state index in [0.29, 0.717) is 6.04 Å². The first-order chi connectivity index (χ1) is 8.21. The number of aromatic nitrogens is 1. The lowest BCUT2D eigenvalue weighted by Gasteiger charge is -2.25. The number of hydrogen-bond donors (Lipinski definition) is 1. The molecule has 0 bridgehead atoms. The predicted molar refractivity (Wildman–Crippen MR) is 69.7 cm³/mol. The van der Waals surface area contributed by atoms with Gasteiger partial charge in [0.05, 0.1) is 12.2 Å². The van der Waals surface area contributed by atoms with Crippen LogP contribution in [0.3, 0.4) is 0 Å². The molecule has 4 heteroatoms. The van der Waals surface area contributed by atoms with Crippen molar-refractivity contribution in [1.29, 1.82) is 0 Å². The fourth-order valence-electron chi connectivity index (χ4n) is 1.80. The van der Waals surface area contributed by atoms with Gasteiger partial charge in [0, 0.05) is 18.7 Å². The Balaban J connectivity index is 2.52. The number of rotatable bonds is 8. The topological polar surface area (TPSA) is 41.3 Å². The summed E-state index contributed by atoms with van der Waals surface area (Å²) in [5, 5.41) is 7.31. The predicted octanol–water partition coefficient (Wildman–Crippen LogP) is 2.40. The summed E-state index contributed by atoms with van der Waals surface area (Å²) in [7, 11) is 0. The zero-order chi connectivity index (χ0) is 12.7. The van der Waals surface area contributed by atoms with Gasteiger partial charge < -0.3 is 9.84 Å². The first-order valence-electron chi connectivity index (χ1n) is 6.60. The van der Waals surface area contributed by atoms with E-state index in [9.17, 15) is 0 Å². The Bertz CT molecular complexity index is 311. The van der Waals surface area contributed by atoms with Gasteiger partial charge in [-0.05, 0) is 26.4 Å². The van der Waals surface area contributed by atoms with Crippen molar-refractivity contribution < 1.29 is 4.52 Å². The van der Waals surface area contributed by atoms with Gasteiger partial charge in [-0.3, -0.25) is 4.90 Å². The summed E-state index contributed by atoms with van der Waals surface area (Å²) < 4.78 is 5.36. The van der Waals surface area contributed by atoms with Gasteiger partial charge in [0.2, 0.25) is 0 Å². The lowest BCUT2D eigenvalue weighted by atomic mass is 10.2. The van der Waals surface area contributed by atoms with Crippen molar-refractivity contribution in [2.75, 3.05) is 13.1 Å². The van der Waals surface area contributed by atoms with Crippen LogP contribution in [0.4, 0.5) is 0 Å². The van der Waals surface area contributed by atoms with E-state index in [0.717, 1.165) is 44.1 Å². The van der Waals surface area contributed by atoms with E-state index >= 15 is 0 Å². The molecule has 0 fully saturated rings. The average molecular weight is 239 g/mol. The molecule has 0 aliphatic heterocycles. The van der Waals surface area contributed by atoms with E-state index in [4.69, 9.17) is 4.52 Å². The molecule has 1 unspecified atom stereocenters. The van der Waals surface area contributed by atoms with Crippen LogP contribution in [0.15, 0.2) is 10.6 Å². The van der Waals surface area contributed by atoms with E-state index in [1.165, 1.54) is 0 Å². The van der Waals surface area contributed by atoms with Crippen LogP contribution in [0.25, 0.3) is 0 Å². The van der Waals surface area contributed by atoms with Gasteiger partial charge >= 0.3 is 0 Å². The Hall–Kier alpha value is -0.870. The highest BCUT2D eigenvalue weighted by Gasteiger charge is 2.13. The SMILES string of the molecule is CCNCc1cc(CN(CC)C(C)CC)on1. The van der Waals surface area contributed by atoms with Crippen molar-refractivity contribution >= 4 is 0 Å². The van der Waals surface area contributed by atoms with Gasteiger partial charge in [-0.2, -0.15) is 0 Å². The highest BCUT2D eigenvalue weighted by atomic mass is 16.5. The van der Waals surface area contributed by atoms with Gasteiger partial charge in [-0.15, -0.1) is 0 Å². The van der Waals surface area contributed by atoms with E-state index in [1.807, 2.05) is 6.07 Å². The van der Waals surface area contributed by atoms with Crippen LogP contribution in [0.5, 0.6) is 0 Å². The van der Waals surface area contributed by atoms with E-state index < -0.39 is 0 Å². The van der Waals surface area contributed by atoms with Crippen LogP contribution in [-0.4, -0.2) is 29.2 Å². The fraction of sp³-hybridized carbons (Fsp3) is 0.769. The molecule has 0 amide bonds. The minimum Gasteiger partial charge on any atom is -0.360 e. The Morgan fingerprint density at radius 3 is 2.76 bits per heavy atom. The van der Waals surface area contributed by atoms with Crippen molar-refractivity contribution in [3.05, 3.63) is 17.5 Å². The van der Waals surface area contributed by atoms with Crippen molar-refractivity contribution in [2.24, 2.45) is 0 Å². The molecule has 1 aromatic heterocycles. The number of nitrogens with one attached hydrogen (secondary N) is 1. The summed E-state index contributed by atoms with van der Waals surface area (Å²) in [5.74, 6) is 0.958. The molecule has 1 aromatic rings. The monoisotopic (exact) mass is 239 g/mol. The summed E-state index contributed by atoms with van der Waals surface area (Å²) in [4.78, 5) is 2.40. The molecule has 0 aliphatic rings. The average Bonchev–Trinajstić information content (AvgIpc) is 2.80. The molecule has 1 atom stereocenters. The van der Waals surface area contributed by atoms with Gasteiger partial charge in [0.25, 0.3) is 0 Å². The second kappa shape index (κ2) is 7.45. The first-order valence-corrected chi connectivity index (χ1v) is 6.60. The quantitative estimate of drug-likeness (QED) is 0.756. The molecular weight excluding hydrogens is 214 g/mol. The maximum absolute atomic E-state index is 5.36. The maximum Gasteiger partial charge on any atom is 0.151 e. The van der Waals surface area contributed by atoms with Crippen LogP contribution in [0.2, 0.25) is 0 Å². The molecule has 0 aromatic carbocycles. The molecule has 0 spiro atoms. The summed E-state index contributed by atoms with van der Waals surface area (Å²) in [6, 6.07) is 2.63. The van der Waals surface area contributed by atoms with E-state index in [2.05, 4.69) is 43.1 Å². The molecule has 1 heterocycles. The van der Waals surface area contributed by atoms with Crippen molar-refractivity contribution in [1.82, 2.24) is 15.4 Å². The van der Waals surface area contributed by atoms with Gasteiger partial charge in [0.1, 0.15) is 0 Å². The van der Waals surface area contributed by atoms with E-state index in [1.54, 1.807) is 0 Å². The molecule has 1 N–H and O–H groups in total. The smallest absolute Gasteiger partial charge is 0.151 e. The second-order valence-corrected chi connectivity index (χ2v) is 4.39. The summed E-state index contributed by atoms with van der Waals surface area (Å²) in [6.07, 6.45) is 1.16. The van der Waals surface area contributed by atoms with E-state index in [-0.39, 0.29) is 0 Å². The third kappa shape index (κ3) is 4.48. The molecule has 0 saturated heterocycles. The third-order valence-electron chi connectivity index (χ3n) is 3.14. The zero-order valence-electron chi connectivity index (χ0n) is 11.5. The van der Waals surface area contributed by atoms with Gasteiger partial charge in [-0.1, -0.05) is 25.9 Å². The zero-order valence-corrected chi connectivity index (χ0v) is 11.5. The number of hydrogen-bond acceptors (Lipinski definition) is 4. The van der Waals surface area contributed by atoms with Crippen molar-refractivity contribution in [3.8, 4) is 0 Å². The highest BCUT2D eigenvalue weighted by molar-refractivity contribution is 5.05.